The summed E-state index contributed by atoms with van der Waals surface area (Å²) < 4.78 is 0. The van der Waals surface area contributed by atoms with Gasteiger partial charge in [-0.3, -0.25) is 4.99 Å². The summed E-state index contributed by atoms with van der Waals surface area (Å²) in [6, 6.07) is 4.30. The molecule has 2 heterocycles. The third-order valence-electron chi connectivity index (χ3n) is 4.25. The maximum absolute atomic E-state index is 4.34. The Kier molecular flexibility index (Phi) is 10.9. The minimum absolute atomic E-state index is 0. The first-order valence-electron chi connectivity index (χ1n) is 8.86. The van der Waals surface area contributed by atoms with Gasteiger partial charge in [-0.15, -0.1) is 35.3 Å². The van der Waals surface area contributed by atoms with Crippen molar-refractivity contribution >= 4 is 41.3 Å². The van der Waals surface area contributed by atoms with Crippen LogP contribution in [0.3, 0.4) is 0 Å². The molecule has 0 aliphatic carbocycles. The first kappa shape index (κ1) is 21.7. The number of halogens is 1. The maximum Gasteiger partial charge on any atom is 0.190 e. The molecule has 6 heteroatoms. The Hall–Kier alpha value is -0.340. The van der Waals surface area contributed by atoms with Gasteiger partial charge in [0.1, 0.15) is 0 Å². The van der Waals surface area contributed by atoms with Gasteiger partial charge in [0.25, 0.3) is 0 Å². The maximum atomic E-state index is 4.34. The molecule has 0 amide bonds. The third kappa shape index (κ3) is 8.16. The van der Waals surface area contributed by atoms with Crippen molar-refractivity contribution in [2.45, 2.75) is 33.1 Å². The second-order valence-electron chi connectivity index (χ2n) is 6.87. The van der Waals surface area contributed by atoms with E-state index < -0.39 is 0 Å². The van der Waals surface area contributed by atoms with E-state index in [4.69, 9.17) is 0 Å². The molecular weight excluding hydrogens is 431 g/mol. The average Bonchev–Trinajstić information content (AvgIpc) is 3.03. The molecule has 0 bridgehead atoms. The number of hydrogen-bond donors (Lipinski definition) is 2. The molecule has 1 aliphatic heterocycles. The van der Waals surface area contributed by atoms with E-state index in [1.54, 1.807) is 0 Å². The molecule has 1 saturated heterocycles. The van der Waals surface area contributed by atoms with E-state index in [9.17, 15) is 0 Å². The first-order valence-corrected chi connectivity index (χ1v) is 9.74. The van der Waals surface area contributed by atoms with Gasteiger partial charge in [0.2, 0.25) is 0 Å². The number of likely N-dealkylation sites (tertiary alicyclic amines) is 1. The first-order chi connectivity index (χ1) is 11.2. The number of guanidine groups is 1. The van der Waals surface area contributed by atoms with Gasteiger partial charge in [0, 0.05) is 38.1 Å². The van der Waals surface area contributed by atoms with Gasteiger partial charge < -0.3 is 15.5 Å². The van der Waals surface area contributed by atoms with E-state index in [1.807, 2.05) is 18.4 Å². The van der Waals surface area contributed by atoms with Crippen LogP contribution in [-0.4, -0.2) is 50.6 Å². The van der Waals surface area contributed by atoms with Crippen molar-refractivity contribution in [3.63, 3.8) is 0 Å². The van der Waals surface area contributed by atoms with Crippen LogP contribution < -0.4 is 10.6 Å². The van der Waals surface area contributed by atoms with Gasteiger partial charge >= 0.3 is 0 Å². The molecule has 138 valence electrons. The summed E-state index contributed by atoms with van der Waals surface area (Å²) in [5.74, 6) is 2.43. The summed E-state index contributed by atoms with van der Waals surface area (Å²) in [7, 11) is 1.85. The van der Waals surface area contributed by atoms with E-state index in [-0.39, 0.29) is 24.0 Å². The molecule has 2 rings (SSSR count). The molecule has 0 spiro atoms. The van der Waals surface area contributed by atoms with Crippen LogP contribution in [0.1, 0.15) is 31.6 Å². The third-order valence-corrected chi connectivity index (χ3v) is 5.19. The molecule has 0 saturated carbocycles. The number of nitrogens with one attached hydrogen (secondary N) is 2. The Morgan fingerprint density at radius 1 is 1.42 bits per heavy atom. The van der Waals surface area contributed by atoms with Crippen molar-refractivity contribution in [3.05, 3.63) is 22.4 Å². The van der Waals surface area contributed by atoms with Crippen molar-refractivity contribution in [2.75, 3.05) is 39.8 Å². The van der Waals surface area contributed by atoms with Crippen molar-refractivity contribution < 1.29 is 0 Å². The molecule has 2 N–H and O–H groups in total. The van der Waals surface area contributed by atoms with Crippen LogP contribution in [0.4, 0.5) is 0 Å². The molecule has 1 unspecified atom stereocenters. The molecule has 24 heavy (non-hydrogen) atoms. The molecule has 0 aromatic carbocycles. The Morgan fingerprint density at radius 3 is 2.92 bits per heavy atom. The Morgan fingerprint density at radius 2 is 2.25 bits per heavy atom. The standard InChI is InChI=1S/C18H32N4S.HI/c1-15(2)13-22-10-4-6-16(14-22)12-21-18(19-3)20-9-8-17-7-5-11-23-17;/h5,7,11,15-16H,4,6,8-10,12-14H2,1-3H3,(H2,19,20,21);1H. The molecular formula is C18H33IN4S. The van der Waals surface area contributed by atoms with Crippen LogP contribution in [0, 0.1) is 11.8 Å². The quantitative estimate of drug-likeness (QED) is 0.369. The molecule has 1 aliphatic rings. The van der Waals surface area contributed by atoms with Gasteiger partial charge in [-0.2, -0.15) is 0 Å². The number of hydrogen-bond acceptors (Lipinski definition) is 3. The Bertz CT molecular complexity index is 462. The lowest BCUT2D eigenvalue weighted by Crippen LogP contribution is -2.45. The number of rotatable bonds is 7. The average molecular weight is 464 g/mol. The van der Waals surface area contributed by atoms with E-state index in [0.717, 1.165) is 37.3 Å². The number of aliphatic imine (C=N–C) groups is 1. The number of thiophene rings is 1. The monoisotopic (exact) mass is 464 g/mol. The van der Waals surface area contributed by atoms with Gasteiger partial charge in [0.05, 0.1) is 0 Å². The Labute approximate surface area is 168 Å². The summed E-state index contributed by atoms with van der Waals surface area (Å²) in [5.41, 5.74) is 0. The highest BCUT2D eigenvalue weighted by Crippen LogP contribution is 2.16. The summed E-state index contributed by atoms with van der Waals surface area (Å²) in [5, 5.41) is 9.06. The van der Waals surface area contributed by atoms with Crippen LogP contribution in [0.25, 0.3) is 0 Å². The zero-order chi connectivity index (χ0) is 16.5. The van der Waals surface area contributed by atoms with Crippen LogP contribution in [0.2, 0.25) is 0 Å². The fraction of sp³-hybridized carbons (Fsp3) is 0.722. The van der Waals surface area contributed by atoms with Crippen LogP contribution in [0.15, 0.2) is 22.5 Å². The smallest absolute Gasteiger partial charge is 0.190 e. The zero-order valence-corrected chi connectivity index (χ0v) is 18.4. The van der Waals surface area contributed by atoms with Gasteiger partial charge in [-0.1, -0.05) is 19.9 Å². The van der Waals surface area contributed by atoms with E-state index >= 15 is 0 Å². The lowest BCUT2D eigenvalue weighted by Gasteiger charge is -2.34. The normalized spacial score (nSPS) is 19.2. The van der Waals surface area contributed by atoms with Crippen LogP contribution >= 0.6 is 35.3 Å². The molecule has 0 radical (unpaired) electrons. The highest BCUT2D eigenvalue weighted by atomic mass is 127. The van der Waals surface area contributed by atoms with Crippen molar-refractivity contribution in [2.24, 2.45) is 16.8 Å². The summed E-state index contributed by atoms with van der Waals surface area (Å²) in [6.07, 6.45) is 3.71. The predicted octanol–water partition coefficient (Wildman–Crippen LogP) is 3.44. The number of nitrogens with zero attached hydrogens (tertiary/aromatic N) is 2. The molecule has 1 aromatic heterocycles. The fourth-order valence-corrected chi connectivity index (χ4v) is 3.93. The van der Waals surface area contributed by atoms with Crippen LogP contribution in [0.5, 0.6) is 0 Å². The van der Waals surface area contributed by atoms with E-state index in [2.05, 4.69) is 51.9 Å². The Balaban J connectivity index is 0.00000288. The molecule has 1 fully saturated rings. The molecule has 1 atom stereocenters. The van der Waals surface area contributed by atoms with Gasteiger partial charge in [-0.25, -0.2) is 0 Å². The van der Waals surface area contributed by atoms with Crippen LogP contribution in [-0.2, 0) is 6.42 Å². The van der Waals surface area contributed by atoms with Gasteiger partial charge in [-0.05, 0) is 49.1 Å². The second-order valence-corrected chi connectivity index (χ2v) is 7.90. The zero-order valence-electron chi connectivity index (χ0n) is 15.3. The highest BCUT2D eigenvalue weighted by molar-refractivity contribution is 14.0. The number of piperidine rings is 1. The SMILES string of the molecule is CN=C(NCCc1cccs1)NCC1CCCN(CC(C)C)C1.I. The summed E-state index contributed by atoms with van der Waals surface area (Å²) in [4.78, 5) is 8.38. The minimum Gasteiger partial charge on any atom is -0.356 e. The van der Waals surface area contributed by atoms with Crippen molar-refractivity contribution in [1.82, 2.24) is 15.5 Å². The van der Waals surface area contributed by atoms with E-state index in [1.165, 1.54) is 37.4 Å². The van der Waals surface area contributed by atoms with E-state index in [0.29, 0.717) is 0 Å². The van der Waals surface area contributed by atoms with Crippen molar-refractivity contribution in [3.8, 4) is 0 Å². The second kappa shape index (κ2) is 12.1. The molecule has 4 nitrogen and oxygen atoms in total. The minimum atomic E-state index is 0. The summed E-state index contributed by atoms with van der Waals surface area (Å²) in [6.45, 7) is 10.3. The lowest BCUT2D eigenvalue weighted by atomic mass is 9.97. The highest BCUT2D eigenvalue weighted by Gasteiger charge is 2.20. The molecule has 1 aromatic rings. The lowest BCUT2D eigenvalue weighted by molar-refractivity contribution is 0.159. The van der Waals surface area contributed by atoms with Gasteiger partial charge in [0.15, 0.2) is 5.96 Å². The summed E-state index contributed by atoms with van der Waals surface area (Å²) >= 11 is 1.82. The topological polar surface area (TPSA) is 39.7 Å². The predicted molar refractivity (Wildman–Crippen MR) is 117 cm³/mol. The fourth-order valence-electron chi connectivity index (χ4n) is 3.22. The largest absolute Gasteiger partial charge is 0.356 e. The van der Waals surface area contributed by atoms with Crippen molar-refractivity contribution in [1.29, 1.82) is 0 Å².